The summed E-state index contributed by atoms with van der Waals surface area (Å²) in [6.07, 6.45) is 15.7. The molecule has 1 rings (SSSR count). The minimum Gasteiger partial charge on any atom is -0.413 e. The molecule has 0 aliphatic heterocycles. The van der Waals surface area contributed by atoms with Crippen LogP contribution in [-0.2, 0) is 13.6 Å². The van der Waals surface area contributed by atoms with Crippen LogP contribution in [0.3, 0.4) is 0 Å². The van der Waals surface area contributed by atoms with Crippen molar-refractivity contribution in [3.63, 3.8) is 0 Å². The third-order valence-electron chi connectivity index (χ3n) is 8.19. The van der Waals surface area contributed by atoms with Crippen molar-refractivity contribution in [2.45, 2.75) is 135 Å². The molecular formula is C28H52O3Si2. The van der Waals surface area contributed by atoms with Crippen LogP contribution in [0.2, 0.25) is 36.3 Å². The Labute approximate surface area is 207 Å². The molecule has 0 aromatic carbocycles. The third kappa shape index (κ3) is 8.49. The molecule has 190 valence electrons. The van der Waals surface area contributed by atoms with Gasteiger partial charge in [0.15, 0.2) is 16.6 Å². The Morgan fingerprint density at radius 1 is 1.06 bits per heavy atom. The zero-order valence-electron chi connectivity index (χ0n) is 23.5. The topological polar surface area (TPSA) is 35.5 Å². The van der Waals surface area contributed by atoms with Crippen molar-refractivity contribution >= 4 is 22.4 Å². The van der Waals surface area contributed by atoms with Crippen LogP contribution < -0.4 is 0 Å². The van der Waals surface area contributed by atoms with E-state index in [4.69, 9.17) is 15.3 Å². The first-order valence-electron chi connectivity index (χ1n) is 13.0. The second-order valence-electron chi connectivity index (χ2n) is 13.0. The fourth-order valence-electron chi connectivity index (χ4n) is 3.87. The molecular weight excluding hydrogens is 440 g/mol. The molecule has 33 heavy (non-hydrogen) atoms. The van der Waals surface area contributed by atoms with E-state index in [0.717, 1.165) is 12.8 Å². The molecule has 0 amide bonds. The van der Waals surface area contributed by atoms with Crippen molar-refractivity contribution in [2.24, 2.45) is 11.8 Å². The lowest BCUT2D eigenvalue weighted by Gasteiger charge is -2.40. The Balaban J connectivity index is 3.21. The van der Waals surface area contributed by atoms with E-state index in [9.17, 15) is 4.79 Å². The molecule has 5 heteroatoms. The van der Waals surface area contributed by atoms with Crippen LogP contribution in [0.15, 0.2) is 12.2 Å². The summed E-state index contributed by atoms with van der Waals surface area (Å²) < 4.78 is 13.6. The molecule has 0 N–H and O–H groups in total. The summed E-state index contributed by atoms with van der Waals surface area (Å²) in [4.78, 5) is 12.9. The van der Waals surface area contributed by atoms with Crippen molar-refractivity contribution < 1.29 is 13.6 Å². The molecule has 0 spiro atoms. The van der Waals surface area contributed by atoms with Crippen LogP contribution in [-0.4, -0.2) is 34.6 Å². The van der Waals surface area contributed by atoms with Gasteiger partial charge in [0.05, 0.1) is 12.2 Å². The van der Waals surface area contributed by atoms with Crippen LogP contribution >= 0.6 is 0 Å². The van der Waals surface area contributed by atoms with E-state index in [1.807, 2.05) is 0 Å². The second-order valence-corrected chi connectivity index (χ2v) is 22.5. The van der Waals surface area contributed by atoms with Crippen molar-refractivity contribution in [3.8, 4) is 12.3 Å². The molecule has 0 heterocycles. The SMILES string of the molecule is C#CC[C@H]1C(=O)C[C@@H](O[Si](C)(C)C(C)(C)C)[C@@H]1C=C[C@H](CCCCC)O[Si](C)(C)C(C)(C)C. The van der Waals surface area contributed by atoms with Gasteiger partial charge in [-0.25, -0.2) is 0 Å². The van der Waals surface area contributed by atoms with E-state index in [0.29, 0.717) is 12.8 Å². The van der Waals surface area contributed by atoms with Gasteiger partial charge in [0.25, 0.3) is 0 Å². The van der Waals surface area contributed by atoms with Crippen LogP contribution in [0.1, 0.15) is 87.0 Å². The number of terminal acetylenes is 1. The highest BCUT2D eigenvalue weighted by Crippen LogP contribution is 2.43. The summed E-state index contributed by atoms with van der Waals surface area (Å²) in [6, 6.07) is 0. The molecule has 1 fully saturated rings. The fourth-order valence-corrected chi connectivity index (χ4v) is 6.53. The first-order chi connectivity index (χ1) is 15.0. The monoisotopic (exact) mass is 492 g/mol. The number of Topliss-reactive ketones (excluding diaryl/α,β-unsaturated/α-hetero) is 1. The lowest BCUT2D eigenvalue weighted by Crippen LogP contribution is -2.45. The van der Waals surface area contributed by atoms with Gasteiger partial charge in [-0.3, -0.25) is 4.79 Å². The highest BCUT2D eigenvalue weighted by molar-refractivity contribution is 6.74. The zero-order chi connectivity index (χ0) is 25.7. The summed E-state index contributed by atoms with van der Waals surface area (Å²) in [7, 11) is -3.91. The Hall–Kier alpha value is -0.676. The second kappa shape index (κ2) is 11.8. The van der Waals surface area contributed by atoms with E-state index < -0.39 is 16.6 Å². The Bertz CT molecular complexity index is 704. The van der Waals surface area contributed by atoms with Crippen LogP contribution in [0.5, 0.6) is 0 Å². The largest absolute Gasteiger partial charge is 0.413 e. The average molecular weight is 493 g/mol. The third-order valence-corrected chi connectivity index (χ3v) is 17.2. The van der Waals surface area contributed by atoms with Gasteiger partial charge in [-0.05, 0) is 42.7 Å². The Morgan fingerprint density at radius 2 is 1.64 bits per heavy atom. The van der Waals surface area contributed by atoms with E-state index >= 15 is 0 Å². The van der Waals surface area contributed by atoms with E-state index in [2.05, 4.69) is 92.7 Å². The number of unbranched alkanes of at least 4 members (excludes halogenated alkanes) is 2. The number of ketones is 1. The van der Waals surface area contributed by atoms with Gasteiger partial charge in [-0.15, -0.1) is 12.3 Å². The normalized spacial score (nSPS) is 23.8. The molecule has 0 saturated heterocycles. The minimum absolute atomic E-state index is 0.0272. The van der Waals surface area contributed by atoms with Crippen LogP contribution in [0.25, 0.3) is 0 Å². The first kappa shape index (κ1) is 30.4. The maximum absolute atomic E-state index is 12.9. The molecule has 4 atom stereocenters. The number of carbonyl (C=O) groups is 1. The highest BCUT2D eigenvalue weighted by Gasteiger charge is 2.47. The summed E-state index contributed by atoms with van der Waals surface area (Å²) >= 11 is 0. The van der Waals surface area contributed by atoms with Gasteiger partial charge in [-0.2, -0.15) is 0 Å². The van der Waals surface area contributed by atoms with Gasteiger partial charge in [0.2, 0.25) is 0 Å². The van der Waals surface area contributed by atoms with E-state index in [1.165, 1.54) is 12.8 Å². The van der Waals surface area contributed by atoms with Gasteiger partial charge >= 0.3 is 0 Å². The Morgan fingerprint density at radius 3 is 2.12 bits per heavy atom. The van der Waals surface area contributed by atoms with E-state index in [1.54, 1.807) is 0 Å². The van der Waals surface area contributed by atoms with Gasteiger partial charge < -0.3 is 8.85 Å². The molecule has 0 aromatic rings. The molecule has 1 aliphatic carbocycles. The van der Waals surface area contributed by atoms with Gasteiger partial charge in [0.1, 0.15) is 5.78 Å². The first-order valence-corrected chi connectivity index (χ1v) is 18.8. The van der Waals surface area contributed by atoms with Gasteiger partial charge in [-0.1, -0.05) is 79.9 Å². The summed E-state index contributed by atoms with van der Waals surface area (Å²) in [5.41, 5.74) is 0. The molecule has 0 radical (unpaired) electrons. The molecule has 0 bridgehead atoms. The standard InChI is InChI=1S/C28H52O3Si2/c1-13-15-16-18-22(30-32(9,10)27(3,4)5)19-20-24-23(17-14-2)25(29)21-26(24)31-33(11,12)28(6,7)8/h2,19-20,22-24,26H,13,15-18,21H2,1,3-12H3/t22-,23+,24+,26+/m0/s1. The van der Waals surface area contributed by atoms with Crippen molar-refractivity contribution in [2.75, 3.05) is 0 Å². The van der Waals surface area contributed by atoms with Crippen LogP contribution in [0.4, 0.5) is 0 Å². The quantitative estimate of drug-likeness (QED) is 0.126. The summed E-state index contributed by atoms with van der Waals surface area (Å²) in [5, 5.41) is 0.260. The van der Waals surface area contributed by atoms with Crippen molar-refractivity contribution in [1.82, 2.24) is 0 Å². The predicted octanol–water partition coefficient (Wildman–Crippen LogP) is 8.13. The molecule has 0 aromatic heterocycles. The minimum atomic E-state index is -2.00. The van der Waals surface area contributed by atoms with Crippen molar-refractivity contribution in [1.29, 1.82) is 0 Å². The number of hydrogen-bond acceptors (Lipinski definition) is 3. The highest BCUT2D eigenvalue weighted by atomic mass is 28.4. The lowest BCUT2D eigenvalue weighted by molar-refractivity contribution is -0.121. The van der Waals surface area contributed by atoms with Crippen LogP contribution in [0, 0.1) is 24.2 Å². The smallest absolute Gasteiger partial charge is 0.192 e. The molecule has 1 saturated carbocycles. The molecule has 3 nitrogen and oxygen atoms in total. The number of carbonyl (C=O) groups excluding carboxylic acids is 1. The summed E-state index contributed by atoms with van der Waals surface area (Å²) in [6.45, 7) is 25.0. The maximum Gasteiger partial charge on any atom is 0.192 e. The predicted molar refractivity (Wildman–Crippen MR) is 147 cm³/mol. The molecule has 0 unspecified atom stereocenters. The molecule has 1 aliphatic rings. The summed E-state index contributed by atoms with van der Waals surface area (Å²) in [5.74, 6) is 2.88. The van der Waals surface area contributed by atoms with Crippen molar-refractivity contribution in [3.05, 3.63) is 12.2 Å². The number of hydrogen-bond donors (Lipinski definition) is 0. The zero-order valence-corrected chi connectivity index (χ0v) is 25.5. The van der Waals surface area contributed by atoms with Gasteiger partial charge in [0, 0.05) is 24.7 Å². The fraction of sp³-hybridized carbons (Fsp3) is 0.821. The number of rotatable bonds is 11. The Kier molecular flexibility index (Phi) is 10.9. The lowest BCUT2D eigenvalue weighted by atomic mass is 9.90. The van der Waals surface area contributed by atoms with E-state index in [-0.39, 0.29) is 39.9 Å². The average Bonchev–Trinajstić information content (AvgIpc) is 2.92. The maximum atomic E-state index is 12.9.